The van der Waals surface area contributed by atoms with E-state index in [0.717, 1.165) is 0 Å². The molecule has 0 aliphatic heterocycles. The largest absolute Gasteiger partial charge is 0.323 e. The molecule has 0 saturated heterocycles. The monoisotopic (exact) mass is 542 g/mol. The summed E-state index contributed by atoms with van der Waals surface area (Å²) in [6.45, 7) is 1.50. The SMILES string of the molecule is CSc1cccc(C)c1S(=O)(=O)OCO[PH](=O)OCOS(=O)(=O)c1c(C)cccc1SC. The third-order valence-electron chi connectivity index (χ3n) is 4.05. The molecule has 0 saturated carbocycles. The van der Waals surface area contributed by atoms with Gasteiger partial charge in [-0.3, -0.25) is 13.6 Å². The fourth-order valence-corrected chi connectivity index (χ4v) is 7.58. The molecular weight excluding hydrogens is 519 g/mol. The first-order valence-electron chi connectivity index (χ1n) is 8.89. The Bertz CT molecular complexity index is 1090. The van der Waals surface area contributed by atoms with Crippen molar-refractivity contribution in [3.05, 3.63) is 47.5 Å². The fourth-order valence-electron chi connectivity index (χ4n) is 2.64. The van der Waals surface area contributed by atoms with Crippen LogP contribution in [-0.2, 0) is 42.2 Å². The van der Waals surface area contributed by atoms with E-state index in [-0.39, 0.29) is 9.79 Å². The van der Waals surface area contributed by atoms with Crippen molar-refractivity contribution in [3.63, 3.8) is 0 Å². The van der Waals surface area contributed by atoms with E-state index >= 15 is 0 Å². The molecule has 0 amide bonds. The van der Waals surface area contributed by atoms with Gasteiger partial charge >= 0.3 is 28.5 Å². The molecule has 0 aromatic heterocycles. The molecule has 14 heteroatoms. The highest BCUT2D eigenvalue weighted by molar-refractivity contribution is 7.99. The minimum atomic E-state index is -4.18. The van der Waals surface area contributed by atoms with Crippen molar-refractivity contribution in [2.75, 3.05) is 26.1 Å². The van der Waals surface area contributed by atoms with Gasteiger partial charge in [0, 0.05) is 9.79 Å². The highest BCUT2D eigenvalue weighted by Gasteiger charge is 2.24. The molecule has 32 heavy (non-hydrogen) atoms. The average Bonchev–Trinajstić information content (AvgIpc) is 2.72. The van der Waals surface area contributed by atoms with Crippen LogP contribution in [0.5, 0.6) is 0 Å². The third-order valence-corrected chi connectivity index (χ3v) is 9.47. The molecule has 0 heterocycles. The van der Waals surface area contributed by atoms with Gasteiger partial charge in [-0.05, 0) is 49.6 Å². The summed E-state index contributed by atoms with van der Waals surface area (Å²) in [5.41, 5.74) is 0.973. The molecule has 0 aliphatic carbocycles. The summed E-state index contributed by atoms with van der Waals surface area (Å²) in [7, 11) is -11.6. The number of thioether (sulfide) groups is 2. The van der Waals surface area contributed by atoms with Gasteiger partial charge < -0.3 is 0 Å². The van der Waals surface area contributed by atoms with E-state index in [1.807, 2.05) is 0 Å². The van der Waals surface area contributed by atoms with Crippen LogP contribution in [-0.4, -0.2) is 42.9 Å². The molecule has 178 valence electrons. The zero-order chi connectivity index (χ0) is 23.9. The Hall–Kier alpha value is -0.890. The van der Waals surface area contributed by atoms with Crippen molar-refractivity contribution in [1.29, 1.82) is 0 Å². The van der Waals surface area contributed by atoms with Crippen LogP contribution >= 0.6 is 31.8 Å². The van der Waals surface area contributed by atoms with Crippen LogP contribution in [0.1, 0.15) is 11.1 Å². The summed E-state index contributed by atoms with van der Waals surface area (Å²) >= 11 is 2.47. The van der Waals surface area contributed by atoms with Gasteiger partial charge in [0.1, 0.15) is 9.79 Å². The Labute approximate surface area is 197 Å². The lowest BCUT2D eigenvalue weighted by Crippen LogP contribution is -2.12. The lowest BCUT2D eigenvalue weighted by Gasteiger charge is -2.13. The predicted molar refractivity (Wildman–Crippen MR) is 123 cm³/mol. The molecule has 2 aromatic rings. The summed E-state index contributed by atoms with van der Waals surface area (Å²) < 4.78 is 80.7. The highest BCUT2D eigenvalue weighted by Crippen LogP contribution is 2.32. The standard InChI is InChI=1S/C18H23O9PS4/c1-13-7-5-9-15(29-3)17(13)31(20,21)26-11-24-28(19)25-12-27-32(22,23)18-14(2)8-6-10-16(18)30-4/h5-10,28H,11-12H2,1-4H3. The van der Waals surface area contributed by atoms with E-state index in [1.165, 1.54) is 23.5 Å². The maximum Gasteiger partial charge on any atom is 0.323 e. The first kappa shape index (κ1) is 27.4. The van der Waals surface area contributed by atoms with Gasteiger partial charge in [0.2, 0.25) is 0 Å². The van der Waals surface area contributed by atoms with Crippen LogP contribution in [0.15, 0.2) is 56.0 Å². The summed E-state index contributed by atoms with van der Waals surface area (Å²) in [4.78, 5) is 0.976. The molecule has 0 spiro atoms. The van der Waals surface area contributed by atoms with E-state index in [0.29, 0.717) is 20.9 Å². The van der Waals surface area contributed by atoms with Crippen LogP contribution in [0.3, 0.4) is 0 Å². The molecule has 0 unspecified atom stereocenters. The van der Waals surface area contributed by atoms with Crippen LogP contribution in [0.25, 0.3) is 0 Å². The van der Waals surface area contributed by atoms with E-state index < -0.39 is 42.1 Å². The molecule has 0 bridgehead atoms. The van der Waals surface area contributed by atoms with Gasteiger partial charge in [-0.2, -0.15) is 16.8 Å². The number of hydrogen-bond acceptors (Lipinski definition) is 11. The second-order valence-corrected chi connectivity index (χ2v) is 12.0. The number of rotatable bonds is 12. The Balaban J connectivity index is 1.91. The zero-order valence-corrected chi connectivity index (χ0v) is 22.0. The fraction of sp³-hybridized carbons (Fsp3) is 0.333. The minimum Gasteiger partial charge on any atom is -0.282 e. The molecule has 2 aromatic carbocycles. The van der Waals surface area contributed by atoms with Gasteiger partial charge in [-0.1, -0.05) is 24.3 Å². The Morgan fingerprint density at radius 2 is 1.12 bits per heavy atom. The lowest BCUT2D eigenvalue weighted by molar-refractivity contribution is 0.0752. The topological polar surface area (TPSA) is 122 Å². The molecule has 0 N–H and O–H groups in total. The number of aryl methyl sites for hydroxylation is 2. The quantitative estimate of drug-likeness (QED) is 0.166. The van der Waals surface area contributed by atoms with Crippen LogP contribution in [0.2, 0.25) is 0 Å². The Morgan fingerprint density at radius 1 is 0.750 bits per heavy atom. The molecule has 2 rings (SSSR count). The zero-order valence-electron chi connectivity index (χ0n) is 17.7. The Kier molecular flexibility index (Phi) is 10.3. The average molecular weight is 543 g/mol. The van der Waals surface area contributed by atoms with Crippen LogP contribution in [0.4, 0.5) is 0 Å². The third kappa shape index (κ3) is 7.05. The molecule has 0 atom stereocenters. The van der Waals surface area contributed by atoms with Gasteiger partial charge in [-0.25, -0.2) is 8.37 Å². The van der Waals surface area contributed by atoms with Crippen molar-refractivity contribution >= 4 is 52.0 Å². The second kappa shape index (κ2) is 12.0. The highest BCUT2D eigenvalue weighted by atomic mass is 32.2. The van der Waals surface area contributed by atoms with Gasteiger partial charge in [-0.15, -0.1) is 23.5 Å². The van der Waals surface area contributed by atoms with Crippen molar-refractivity contribution in [1.82, 2.24) is 0 Å². The van der Waals surface area contributed by atoms with E-state index in [1.54, 1.807) is 62.8 Å². The summed E-state index contributed by atoms with van der Waals surface area (Å²) in [6, 6.07) is 9.95. The van der Waals surface area contributed by atoms with Crippen molar-refractivity contribution in [3.8, 4) is 0 Å². The van der Waals surface area contributed by atoms with Crippen LogP contribution in [0, 0.1) is 13.8 Å². The Morgan fingerprint density at radius 3 is 1.47 bits per heavy atom. The first-order valence-corrected chi connectivity index (χ1v) is 15.4. The van der Waals surface area contributed by atoms with Crippen molar-refractivity contribution in [2.45, 2.75) is 33.4 Å². The summed E-state index contributed by atoms with van der Waals surface area (Å²) in [5, 5.41) is 0. The minimum absolute atomic E-state index is 0.00561. The van der Waals surface area contributed by atoms with E-state index in [2.05, 4.69) is 0 Å². The van der Waals surface area contributed by atoms with E-state index in [4.69, 9.17) is 17.4 Å². The molecule has 0 radical (unpaired) electrons. The predicted octanol–water partition coefficient (Wildman–Crippen LogP) is 4.20. The van der Waals surface area contributed by atoms with Crippen LogP contribution < -0.4 is 0 Å². The summed E-state index contributed by atoms with van der Waals surface area (Å²) in [5.74, 6) is 0. The van der Waals surface area contributed by atoms with Gasteiger partial charge in [0.15, 0.2) is 13.6 Å². The second-order valence-electron chi connectivity index (χ2n) is 6.13. The van der Waals surface area contributed by atoms with Gasteiger partial charge in [0.05, 0.1) is 0 Å². The van der Waals surface area contributed by atoms with Gasteiger partial charge in [0.25, 0.3) is 0 Å². The maximum absolute atomic E-state index is 12.5. The first-order chi connectivity index (χ1) is 15.0. The number of benzene rings is 2. The van der Waals surface area contributed by atoms with Crippen molar-refractivity contribution in [2.24, 2.45) is 0 Å². The maximum atomic E-state index is 12.5. The smallest absolute Gasteiger partial charge is 0.282 e. The number of hydrogen-bond donors (Lipinski definition) is 0. The van der Waals surface area contributed by atoms with E-state index in [9.17, 15) is 21.4 Å². The molecule has 0 aliphatic rings. The molecular formula is C18H23O9PS4. The molecule has 0 fully saturated rings. The normalized spacial score (nSPS) is 12.4. The van der Waals surface area contributed by atoms with Crippen molar-refractivity contribution < 1.29 is 38.8 Å². The molecule has 9 nitrogen and oxygen atoms in total. The summed E-state index contributed by atoms with van der Waals surface area (Å²) in [6.07, 6.45) is 3.45. The lowest BCUT2D eigenvalue weighted by atomic mass is 10.2.